The number of aliphatic hydroxyl groups excluding tert-OH is 1. The van der Waals surface area contributed by atoms with Crippen LogP contribution in [0.15, 0.2) is 67.1 Å². The number of carbonyl (C=O) groups excluding carboxylic acids is 1. The fraction of sp³-hybridized carbons (Fsp3) is 0.227. The Morgan fingerprint density at radius 2 is 1.93 bits per heavy atom. The van der Waals surface area contributed by atoms with Crippen molar-refractivity contribution in [1.82, 2.24) is 9.97 Å². The van der Waals surface area contributed by atoms with E-state index in [4.69, 9.17) is 5.11 Å². The predicted molar refractivity (Wildman–Crippen MR) is 116 cm³/mol. The number of nitrogens with one attached hydrogen (secondary N) is 2. The monoisotopic (exact) mass is 391 g/mol. The first-order valence-corrected chi connectivity index (χ1v) is 9.43. The highest BCUT2D eigenvalue weighted by Crippen LogP contribution is 2.24. The third-order valence-electron chi connectivity index (χ3n) is 4.65. The molecule has 0 aliphatic carbocycles. The fourth-order valence-electron chi connectivity index (χ4n) is 2.88. The van der Waals surface area contributed by atoms with Crippen LogP contribution in [0.3, 0.4) is 0 Å². The number of anilines is 4. The van der Waals surface area contributed by atoms with E-state index in [9.17, 15) is 4.79 Å². The molecule has 1 amide bonds. The molecule has 1 aromatic heterocycles. The van der Waals surface area contributed by atoms with Gasteiger partial charge in [0.05, 0.1) is 12.5 Å². The fourth-order valence-corrected chi connectivity index (χ4v) is 2.88. The van der Waals surface area contributed by atoms with Crippen LogP contribution in [0.2, 0.25) is 0 Å². The Kier molecular flexibility index (Phi) is 6.76. The van der Waals surface area contributed by atoms with Crippen LogP contribution in [-0.4, -0.2) is 41.2 Å². The lowest BCUT2D eigenvalue weighted by molar-refractivity contribution is -0.117. The minimum Gasteiger partial charge on any atom is -0.395 e. The highest BCUT2D eigenvalue weighted by Gasteiger charge is 2.16. The van der Waals surface area contributed by atoms with Crippen LogP contribution in [0.5, 0.6) is 0 Å². The first-order valence-electron chi connectivity index (χ1n) is 9.43. The molecule has 29 heavy (non-hydrogen) atoms. The molecular formula is C22H25N5O2. The molecule has 0 bridgehead atoms. The second-order valence-corrected chi connectivity index (χ2v) is 6.75. The summed E-state index contributed by atoms with van der Waals surface area (Å²) in [5.41, 5.74) is 3.79. The standard InChI is InChI=1S/C22H25N5O2/c1-16(22(29)26-21-10-11-23-15-24-21)17-4-3-5-19(14-17)25-18-6-8-20(9-7-18)27(2)12-13-28/h3-11,14-16,25,28H,12-13H2,1-2H3,(H,23,24,26,29). The van der Waals surface area contributed by atoms with Crippen molar-refractivity contribution in [3.05, 3.63) is 72.7 Å². The van der Waals surface area contributed by atoms with Gasteiger partial charge in [0.2, 0.25) is 5.91 Å². The molecule has 0 saturated heterocycles. The number of rotatable bonds is 8. The van der Waals surface area contributed by atoms with Crippen molar-refractivity contribution >= 4 is 28.8 Å². The molecule has 0 radical (unpaired) electrons. The molecular weight excluding hydrogens is 366 g/mol. The number of amides is 1. The van der Waals surface area contributed by atoms with Gasteiger partial charge in [-0.1, -0.05) is 12.1 Å². The largest absolute Gasteiger partial charge is 0.395 e. The topological polar surface area (TPSA) is 90.4 Å². The van der Waals surface area contributed by atoms with E-state index in [0.29, 0.717) is 12.4 Å². The summed E-state index contributed by atoms with van der Waals surface area (Å²) >= 11 is 0. The van der Waals surface area contributed by atoms with Gasteiger partial charge in [-0.3, -0.25) is 4.79 Å². The van der Waals surface area contributed by atoms with Gasteiger partial charge in [-0.2, -0.15) is 0 Å². The average molecular weight is 391 g/mol. The quantitative estimate of drug-likeness (QED) is 0.545. The Morgan fingerprint density at radius 3 is 2.62 bits per heavy atom. The van der Waals surface area contributed by atoms with Gasteiger partial charge >= 0.3 is 0 Å². The third kappa shape index (κ3) is 5.52. The van der Waals surface area contributed by atoms with Crippen LogP contribution < -0.4 is 15.5 Å². The van der Waals surface area contributed by atoms with Crippen LogP contribution >= 0.6 is 0 Å². The van der Waals surface area contributed by atoms with Crippen LogP contribution in [0, 0.1) is 0 Å². The third-order valence-corrected chi connectivity index (χ3v) is 4.65. The zero-order valence-electron chi connectivity index (χ0n) is 16.5. The van der Waals surface area contributed by atoms with Gasteiger partial charge < -0.3 is 20.6 Å². The number of aliphatic hydroxyl groups is 1. The highest BCUT2D eigenvalue weighted by molar-refractivity contribution is 5.94. The molecule has 0 spiro atoms. The molecule has 1 heterocycles. The van der Waals surface area contributed by atoms with Gasteiger partial charge in [0, 0.05) is 36.9 Å². The second-order valence-electron chi connectivity index (χ2n) is 6.75. The lowest BCUT2D eigenvalue weighted by Crippen LogP contribution is -2.20. The normalized spacial score (nSPS) is 11.6. The van der Waals surface area contributed by atoms with Gasteiger partial charge in [-0.15, -0.1) is 0 Å². The van der Waals surface area contributed by atoms with Gasteiger partial charge in [0.1, 0.15) is 12.1 Å². The number of likely N-dealkylation sites (N-methyl/N-ethyl adjacent to an activating group) is 1. The van der Waals surface area contributed by atoms with Crippen molar-refractivity contribution in [3.8, 4) is 0 Å². The molecule has 0 aliphatic heterocycles. The number of carbonyl (C=O) groups is 1. The van der Waals surface area contributed by atoms with Gasteiger partial charge in [-0.05, 0) is 55.0 Å². The predicted octanol–water partition coefficient (Wildman–Crippen LogP) is 3.39. The summed E-state index contributed by atoms with van der Waals surface area (Å²) in [6.07, 6.45) is 2.99. The van der Waals surface area contributed by atoms with Crippen LogP contribution in [0.4, 0.5) is 22.9 Å². The van der Waals surface area contributed by atoms with Crippen molar-refractivity contribution in [1.29, 1.82) is 0 Å². The Balaban J connectivity index is 1.66. The lowest BCUT2D eigenvalue weighted by Gasteiger charge is -2.18. The molecule has 0 saturated carbocycles. The molecule has 3 N–H and O–H groups in total. The van der Waals surface area contributed by atoms with Crippen LogP contribution in [0.1, 0.15) is 18.4 Å². The summed E-state index contributed by atoms with van der Waals surface area (Å²) in [6.45, 7) is 2.57. The molecule has 150 valence electrons. The Bertz CT molecular complexity index is 931. The number of nitrogens with zero attached hydrogens (tertiary/aromatic N) is 3. The van der Waals surface area contributed by atoms with E-state index in [1.54, 1.807) is 12.3 Å². The number of hydrogen-bond acceptors (Lipinski definition) is 6. The zero-order valence-corrected chi connectivity index (χ0v) is 16.5. The molecule has 7 nitrogen and oxygen atoms in total. The van der Waals surface area contributed by atoms with E-state index in [1.165, 1.54) is 6.33 Å². The summed E-state index contributed by atoms with van der Waals surface area (Å²) in [6, 6.07) is 17.4. The average Bonchev–Trinajstić information content (AvgIpc) is 2.75. The van der Waals surface area contributed by atoms with Crippen LogP contribution in [0.25, 0.3) is 0 Å². The minimum absolute atomic E-state index is 0.117. The van der Waals surface area contributed by atoms with Crippen molar-refractivity contribution in [2.75, 3.05) is 35.7 Å². The van der Waals surface area contributed by atoms with Crippen molar-refractivity contribution in [3.63, 3.8) is 0 Å². The molecule has 3 rings (SSSR count). The molecule has 2 aromatic carbocycles. The van der Waals surface area contributed by atoms with E-state index < -0.39 is 0 Å². The molecule has 1 atom stereocenters. The van der Waals surface area contributed by atoms with Gasteiger partial charge in [-0.25, -0.2) is 9.97 Å². The first-order chi connectivity index (χ1) is 14.1. The van der Waals surface area contributed by atoms with E-state index in [1.807, 2.05) is 67.4 Å². The maximum Gasteiger partial charge on any atom is 0.232 e. The van der Waals surface area contributed by atoms with Gasteiger partial charge in [0.15, 0.2) is 0 Å². The Labute approximate surface area is 170 Å². The van der Waals surface area contributed by atoms with E-state index in [0.717, 1.165) is 22.6 Å². The zero-order chi connectivity index (χ0) is 20.6. The van der Waals surface area contributed by atoms with E-state index in [-0.39, 0.29) is 18.4 Å². The maximum atomic E-state index is 12.5. The number of aromatic nitrogens is 2. The summed E-state index contributed by atoms with van der Waals surface area (Å²) in [5.74, 6) is 0.0238. The Hall–Kier alpha value is -3.45. The SMILES string of the molecule is CC(C(=O)Nc1ccncn1)c1cccc(Nc2ccc(N(C)CCO)cc2)c1. The molecule has 1 unspecified atom stereocenters. The minimum atomic E-state index is -0.332. The smallest absolute Gasteiger partial charge is 0.232 e. The van der Waals surface area contributed by atoms with Crippen molar-refractivity contribution in [2.45, 2.75) is 12.8 Å². The van der Waals surface area contributed by atoms with Gasteiger partial charge in [0.25, 0.3) is 0 Å². The second kappa shape index (κ2) is 9.66. The molecule has 0 aliphatic rings. The lowest BCUT2D eigenvalue weighted by atomic mass is 9.99. The maximum absolute atomic E-state index is 12.5. The summed E-state index contributed by atoms with van der Waals surface area (Å²) < 4.78 is 0. The molecule has 7 heteroatoms. The number of benzene rings is 2. The summed E-state index contributed by atoms with van der Waals surface area (Å²) in [4.78, 5) is 22.4. The van der Waals surface area contributed by atoms with E-state index >= 15 is 0 Å². The molecule has 0 fully saturated rings. The highest BCUT2D eigenvalue weighted by atomic mass is 16.3. The van der Waals surface area contributed by atoms with Crippen molar-refractivity contribution < 1.29 is 9.90 Å². The van der Waals surface area contributed by atoms with Crippen LogP contribution in [-0.2, 0) is 4.79 Å². The number of hydrogen-bond donors (Lipinski definition) is 3. The first kappa shape index (κ1) is 20.3. The Morgan fingerprint density at radius 1 is 1.14 bits per heavy atom. The summed E-state index contributed by atoms with van der Waals surface area (Å²) in [5, 5.41) is 15.2. The van der Waals surface area contributed by atoms with Crippen molar-refractivity contribution in [2.24, 2.45) is 0 Å². The van der Waals surface area contributed by atoms with E-state index in [2.05, 4.69) is 20.6 Å². The molecule has 3 aromatic rings. The summed E-state index contributed by atoms with van der Waals surface area (Å²) in [7, 11) is 1.94.